The Kier molecular flexibility index (Phi) is 4.16. The lowest BCUT2D eigenvalue weighted by Gasteiger charge is -2.13. The van der Waals surface area contributed by atoms with Gasteiger partial charge in [-0.1, -0.05) is 12.1 Å². The third-order valence-electron chi connectivity index (χ3n) is 4.26. The van der Waals surface area contributed by atoms with Gasteiger partial charge in [0.2, 0.25) is 0 Å². The van der Waals surface area contributed by atoms with Crippen LogP contribution in [0.1, 0.15) is 12.8 Å². The molecule has 0 bridgehead atoms. The fourth-order valence-corrected chi connectivity index (χ4v) is 3.40. The van der Waals surface area contributed by atoms with Crippen LogP contribution < -0.4 is 5.32 Å². The zero-order valence-corrected chi connectivity index (χ0v) is 14.7. The average Bonchev–Trinajstić information content (AvgIpc) is 3.21. The van der Waals surface area contributed by atoms with Crippen LogP contribution in [0.3, 0.4) is 0 Å². The van der Waals surface area contributed by atoms with Crippen LogP contribution in [-0.2, 0) is 4.74 Å². The molecule has 0 amide bonds. The van der Waals surface area contributed by atoms with Gasteiger partial charge in [0.15, 0.2) is 0 Å². The van der Waals surface area contributed by atoms with Crippen molar-refractivity contribution in [3.63, 3.8) is 0 Å². The summed E-state index contributed by atoms with van der Waals surface area (Å²) in [6, 6.07) is 11.2. The Morgan fingerprint density at radius 3 is 2.96 bits per heavy atom. The summed E-state index contributed by atoms with van der Waals surface area (Å²) in [5.41, 5.74) is 2.28. The summed E-state index contributed by atoms with van der Waals surface area (Å²) in [5.74, 6) is 1.09. The Balaban J connectivity index is 1.79. The van der Waals surface area contributed by atoms with E-state index in [0.717, 1.165) is 47.6 Å². The van der Waals surface area contributed by atoms with E-state index in [1.54, 1.807) is 6.07 Å². The summed E-state index contributed by atoms with van der Waals surface area (Å²) in [5, 5.41) is 13.7. The maximum absolute atomic E-state index is 10.2. The molecule has 1 fully saturated rings. The highest BCUT2D eigenvalue weighted by Crippen LogP contribution is 2.35. The van der Waals surface area contributed by atoms with Crippen LogP contribution in [0.25, 0.3) is 16.9 Å². The molecule has 2 aromatic heterocycles. The molecule has 1 saturated heterocycles. The van der Waals surface area contributed by atoms with E-state index in [1.807, 2.05) is 40.9 Å². The van der Waals surface area contributed by atoms with Gasteiger partial charge in [0.1, 0.15) is 22.9 Å². The lowest BCUT2D eigenvalue weighted by atomic mass is 10.1. The summed E-state index contributed by atoms with van der Waals surface area (Å²) >= 11 is 3.51. The van der Waals surface area contributed by atoms with Crippen LogP contribution in [-0.4, -0.2) is 33.7 Å². The minimum atomic E-state index is 0.222. The Bertz CT molecular complexity index is 872. The van der Waals surface area contributed by atoms with Crippen molar-refractivity contribution in [1.29, 1.82) is 0 Å². The van der Waals surface area contributed by atoms with Gasteiger partial charge in [0, 0.05) is 29.4 Å². The third-order valence-corrected chi connectivity index (χ3v) is 4.73. The van der Waals surface area contributed by atoms with E-state index >= 15 is 0 Å². The number of fused-ring (bicyclic) bond motifs is 1. The number of pyridine rings is 1. The smallest absolute Gasteiger partial charge is 0.139 e. The number of hydrogen-bond donors (Lipinski definition) is 2. The van der Waals surface area contributed by atoms with Crippen molar-refractivity contribution in [2.75, 3.05) is 18.5 Å². The van der Waals surface area contributed by atoms with Crippen LogP contribution >= 0.6 is 15.9 Å². The van der Waals surface area contributed by atoms with E-state index in [1.165, 1.54) is 0 Å². The number of phenols is 1. The number of ether oxygens (including phenoxy) is 1. The second-order valence-electron chi connectivity index (χ2n) is 5.92. The first-order valence-electron chi connectivity index (χ1n) is 8.04. The molecule has 1 aliphatic rings. The van der Waals surface area contributed by atoms with E-state index < -0.39 is 0 Å². The number of nitrogens with zero attached hydrogens (tertiary/aromatic N) is 2. The molecule has 5 nitrogen and oxygen atoms in total. The minimum Gasteiger partial charge on any atom is -0.507 e. The second kappa shape index (κ2) is 6.45. The first-order valence-corrected chi connectivity index (χ1v) is 8.83. The second-order valence-corrected chi connectivity index (χ2v) is 6.83. The van der Waals surface area contributed by atoms with E-state index in [9.17, 15) is 5.11 Å². The van der Waals surface area contributed by atoms with Crippen molar-refractivity contribution in [3.05, 3.63) is 47.1 Å². The number of para-hydroxylation sites is 1. The Hall–Kier alpha value is -2.05. The number of phenolic OH excluding ortho intramolecular Hbond substituents is 1. The molecule has 6 heteroatoms. The lowest BCUT2D eigenvalue weighted by Crippen LogP contribution is -2.19. The van der Waals surface area contributed by atoms with Gasteiger partial charge >= 0.3 is 0 Å². The number of nitrogens with one attached hydrogen (secondary N) is 1. The van der Waals surface area contributed by atoms with Gasteiger partial charge in [-0.3, -0.25) is 4.40 Å². The summed E-state index contributed by atoms with van der Waals surface area (Å²) in [4.78, 5) is 4.71. The Morgan fingerprint density at radius 1 is 1.29 bits per heavy atom. The zero-order valence-electron chi connectivity index (χ0n) is 13.1. The molecule has 124 valence electrons. The van der Waals surface area contributed by atoms with Gasteiger partial charge in [0.25, 0.3) is 0 Å². The molecule has 1 atom stereocenters. The predicted molar refractivity (Wildman–Crippen MR) is 97.5 cm³/mol. The molecule has 1 aromatic carbocycles. The molecule has 0 unspecified atom stereocenters. The lowest BCUT2D eigenvalue weighted by molar-refractivity contribution is 0.120. The van der Waals surface area contributed by atoms with Crippen LogP contribution in [0.15, 0.2) is 47.1 Å². The summed E-state index contributed by atoms with van der Waals surface area (Å²) in [7, 11) is 0. The molecule has 1 aliphatic heterocycles. The van der Waals surface area contributed by atoms with Crippen LogP contribution in [0, 0.1) is 0 Å². The summed E-state index contributed by atoms with van der Waals surface area (Å²) in [6.45, 7) is 1.55. The van der Waals surface area contributed by atoms with Gasteiger partial charge in [-0.2, -0.15) is 0 Å². The fourth-order valence-electron chi connectivity index (χ4n) is 3.07. The maximum atomic E-state index is 10.2. The molecule has 0 saturated carbocycles. The summed E-state index contributed by atoms with van der Waals surface area (Å²) < 4.78 is 8.68. The van der Waals surface area contributed by atoms with Crippen molar-refractivity contribution >= 4 is 27.4 Å². The van der Waals surface area contributed by atoms with E-state index in [2.05, 4.69) is 21.2 Å². The molecule has 0 aliphatic carbocycles. The molecular formula is C18H18BrN3O2. The van der Waals surface area contributed by atoms with Gasteiger partial charge in [-0.15, -0.1) is 0 Å². The third kappa shape index (κ3) is 2.87. The first-order chi connectivity index (χ1) is 11.7. The van der Waals surface area contributed by atoms with E-state index in [0.29, 0.717) is 5.56 Å². The zero-order chi connectivity index (χ0) is 16.5. The molecular weight excluding hydrogens is 370 g/mol. The highest BCUT2D eigenvalue weighted by molar-refractivity contribution is 9.10. The first kappa shape index (κ1) is 15.5. The number of imidazole rings is 1. The highest BCUT2D eigenvalue weighted by atomic mass is 79.9. The topological polar surface area (TPSA) is 58.8 Å². The number of hydrogen-bond acceptors (Lipinski definition) is 4. The normalized spacial score (nSPS) is 17.5. The van der Waals surface area contributed by atoms with Gasteiger partial charge in [0.05, 0.1) is 6.10 Å². The standard InChI is InChI=1S/C18H18BrN3O2/c19-12-7-8-16-21-17(14-5-1-2-6-15(14)23)18(22(16)11-12)20-10-13-4-3-9-24-13/h1-2,5-8,11,13,20,23H,3-4,9-10H2/t13-/m0/s1. The van der Waals surface area contributed by atoms with Crippen molar-refractivity contribution in [3.8, 4) is 17.0 Å². The van der Waals surface area contributed by atoms with Gasteiger partial charge < -0.3 is 15.2 Å². The van der Waals surface area contributed by atoms with Gasteiger partial charge in [-0.05, 0) is 53.0 Å². The molecule has 3 heterocycles. The number of aromatic hydroxyl groups is 1. The van der Waals surface area contributed by atoms with Crippen LogP contribution in [0.5, 0.6) is 5.75 Å². The number of halogens is 1. The van der Waals surface area contributed by atoms with Crippen LogP contribution in [0.4, 0.5) is 5.82 Å². The van der Waals surface area contributed by atoms with E-state index in [4.69, 9.17) is 9.72 Å². The van der Waals surface area contributed by atoms with Crippen LogP contribution in [0.2, 0.25) is 0 Å². The summed E-state index contributed by atoms with van der Waals surface area (Å²) in [6.07, 6.45) is 4.38. The van der Waals surface area contributed by atoms with Gasteiger partial charge in [-0.25, -0.2) is 4.98 Å². The molecule has 3 aromatic rings. The molecule has 0 radical (unpaired) electrons. The minimum absolute atomic E-state index is 0.222. The number of anilines is 1. The molecule has 24 heavy (non-hydrogen) atoms. The molecule has 4 rings (SSSR count). The largest absolute Gasteiger partial charge is 0.507 e. The SMILES string of the molecule is Oc1ccccc1-c1nc2ccc(Br)cn2c1NC[C@@H]1CCCO1. The average molecular weight is 388 g/mol. The Morgan fingerprint density at radius 2 is 2.17 bits per heavy atom. The molecule has 0 spiro atoms. The quantitative estimate of drug-likeness (QED) is 0.708. The van der Waals surface area contributed by atoms with Crippen molar-refractivity contribution in [2.24, 2.45) is 0 Å². The maximum Gasteiger partial charge on any atom is 0.139 e. The van der Waals surface area contributed by atoms with Crippen molar-refractivity contribution < 1.29 is 9.84 Å². The number of aromatic nitrogens is 2. The number of benzene rings is 1. The van der Waals surface area contributed by atoms with Crippen molar-refractivity contribution in [2.45, 2.75) is 18.9 Å². The number of rotatable bonds is 4. The van der Waals surface area contributed by atoms with Crippen molar-refractivity contribution in [1.82, 2.24) is 9.38 Å². The highest BCUT2D eigenvalue weighted by Gasteiger charge is 2.20. The fraction of sp³-hybridized carbons (Fsp3) is 0.278. The monoisotopic (exact) mass is 387 g/mol. The molecule has 2 N–H and O–H groups in total. The predicted octanol–water partition coefficient (Wildman–Crippen LogP) is 4.06. The van der Waals surface area contributed by atoms with E-state index in [-0.39, 0.29) is 11.9 Å². The Labute approximate surface area is 148 Å².